The molecule has 2 aromatic rings. The minimum atomic E-state index is 0.0107. The Kier molecular flexibility index (Phi) is 7.17. The third kappa shape index (κ3) is 5.87. The van der Waals surface area contributed by atoms with Crippen molar-refractivity contribution in [3.05, 3.63) is 63.9 Å². The zero-order valence-corrected chi connectivity index (χ0v) is 17.6. The smallest absolute Gasteiger partial charge is 0.234 e. The molecule has 148 valence electrons. The number of halogens is 1. The van der Waals surface area contributed by atoms with Gasteiger partial charge in [-0.25, -0.2) is 0 Å². The van der Waals surface area contributed by atoms with E-state index in [9.17, 15) is 9.59 Å². The molecule has 1 aliphatic rings. The molecule has 1 saturated heterocycles. The highest BCUT2D eigenvalue weighted by Crippen LogP contribution is 2.16. The maximum absolute atomic E-state index is 12.6. The Balaban J connectivity index is 1.42. The maximum atomic E-state index is 12.6. The number of carbonyl (C=O) groups is 2. The van der Waals surface area contributed by atoms with Crippen molar-refractivity contribution < 1.29 is 9.59 Å². The van der Waals surface area contributed by atoms with Crippen molar-refractivity contribution in [1.29, 1.82) is 0 Å². The van der Waals surface area contributed by atoms with Crippen molar-refractivity contribution in [1.82, 2.24) is 20.1 Å². The van der Waals surface area contributed by atoms with Gasteiger partial charge in [-0.15, -0.1) is 0 Å². The van der Waals surface area contributed by atoms with Gasteiger partial charge >= 0.3 is 0 Å². The van der Waals surface area contributed by atoms with Crippen molar-refractivity contribution in [3.63, 3.8) is 0 Å². The van der Waals surface area contributed by atoms with Gasteiger partial charge in [0.25, 0.3) is 0 Å². The molecular formula is C21H25BrN4O2. The number of nitrogens with one attached hydrogen (secondary N) is 1. The Labute approximate surface area is 174 Å². The number of aromatic nitrogens is 1. The van der Waals surface area contributed by atoms with Crippen molar-refractivity contribution in [2.24, 2.45) is 0 Å². The van der Waals surface area contributed by atoms with Crippen molar-refractivity contribution in [3.8, 4) is 0 Å². The van der Waals surface area contributed by atoms with Crippen molar-refractivity contribution in [2.45, 2.75) is 19.9 Å². The van der Waals surface area contributed by atoms with Crippen LogP contribution in [0.15, 0.2) is 46.9 Å². The van der Waals surface area contributed by atoms with Crippen LogP contribution in [0.3, 0.4) is 0 Å². The first-order valence-corrected chi connectivity index (χ1v) is 10.2. The summed E-state index contributed by atoms with van der Waals surface area (Å²) >= 11 is 3.47. The summed E-state index contributed by atoms with van der Waals surface area (Å²) in [4.78, 5) is 33.1. The van der Waals surface area contributed by atoms with Crippen LogP contribution in [0, 0.1) is 6.92 Å². The summed E-state index contributed by atoms with van der Waals surface area (Å²) in [5.74, 6) is 0.0866. The molecule has 28 heavy (non-hydrogen) atoms. The van der Waals surface area contributed by atoms with Gasteiger partial charge in [0.05, 0.1) is 18.7 Å². The van der Waals surface area contributed by atoms with Gasteiger partial charge in [0.15, 0.2) is 0 Å². The SMILES string of the molecule is Cc1ccc(Br)c(CC(=O)N2CCN(CC(=O)NCc3ccccc3)CC2)n1. The van der Waals surface area contributed by atoms with Crippen LogP contribution in [0.25, 0.3) is 0 Å². The quantitative estimate of drug-likeness (QED) is 0.741. The Hall–Kier alpha value is -2.25. The van der Waals surface area contributed by atoms with E-state index >= 15 is 0 Å². The van der Waals surface area contributed by atoms with Crippen LogP contribution in [-0.4, -0.2) is 59.3 Å². The standard InChI is InChI=1S/C21H25BrN4O2/c1-16-7-8-18(22)19(24-16)13-21(28)26-11-9-25(10-12-26)15-20(27)23-14-17-5-3-2-4-6-17/h2-8H,9-15H2,1H3,(H,23,27). The van der Waals surface area contributed by atoms with Crippen LogP contribution in [0.4, 0.5) is 0 Å². The molecule has 0 radical (unpaired) electrons. The number of aryl methyl sites for hydroxylation is 1. The van der Waals surface area contributed by atoms with E-state index in [-0.39, 0.29) is 11.8 Å². The molecule has 1 aromatic heterocycles. The number of hydrogen-bond donors (Lipinski definition) is 1. The van der Waals surface area contributed by atoms with Crippen LogP contribution in [0.1, 0.15) is 17.0 Å². The molecule has 6 nitrogen and oxygen atoms in total. The Morgan fingerprint density at radius 3 is 2.50 bits per heavy atom. The lowest BCUT2D eigenvalue weighted by Gasteiger charge is -2.34. The van der Waals surface area contributed by atoms with E-state index in [1.54, 1.807) is 0 Å². The topological polar surface area (TPSA) is 65.5 Å². The second-order valence-electron chi connectivity index (χ2n) is 6.98. The van der Waals surface area contributed by atoms with Gasteiger partial charge in [-0.2, -0.15) is 0 Å². The first-order chi connectivity index (χ1) is 13.5. The zero-order chi connectivity index (χ0) is 19.9. The number of piperazine rings is 1. The molecule has 0 saturated carbocycles. The predicted octanol–water partition coefficient (Wildman–Crippen LogP) is 2.16. The highest BCUT2D eigenvalue weighted by atomic mass is 79.9. The Morgan fingerprint density at radius 1 is 1.07 bits per heavy atom. The van der Waals surface area contributed by atoms with Gasteiger partial charge in [0.2, 0.25) is 11.8 Å². The summed E-state index contributed by atoms with van der Waals surface area (Å²) in [5, 5.41) is 2.95. The van der Waals surface area contributed by atoms with Gasteiger partial charge in [-0.1, -0.05) is 30.3 Å². The van der Waals surface area contributed by atoms with E-state index in [2.05, 4.69) is 31.1 Å². The molecule has 1 fully saturated rings. The fourth-order valence-corrected chi connectivity index (χ4v) is 3.54. The van der Waals surface area contributed by atoms with Gasteiger partial charge < -0.3 is 10.2 Å². The molecule has 7 heteroatoms. The Morgan fingerprint density at radius 2 is 1.79 bits per heavy atom. The summed E-state index contributed by atoms with van der Waals surface area (Å²) < 4.78 is 0.861. The van der Waals surface area contributed by atoms with Gasteiger partial charge in [-0.3, -0.25) is 19.5 Å². The summed E-state index contributed by atoms with van der Waals surface area (Å²) in [6, 6.07) is 13.7. The lowest BCUT2D eigenvalue weighted by atomic mass is 10.2. The number of pyridine rings is 1. The zero-order valence-electron chi connectivity index (χ0n) is 16.0. The second kappa shape index (κ2) is 9.80. The van der Waals surface area contributed by atoms with Crippen LogP contribution < -0.4 is 5.32 Å². The predicted molar refractivity (Wildman–Crippen MR) is 112 cm³/mol. The number of carbonyl (C=O) groups excluding carboxylic acids is 2. The fraction of sp³-hybridized carbons (Fsp3) is 0.381. The first-order valence-electron chi connectivity index (χ1n) is 9.44. The second-order valence-corrected chi connectivity index (χ2v) is 7.83. The lowest BCUT2D eigenvalue weighted by molar-refractivity contribution is -0.132. The van der Waals surface area contributed by atoms with Gasteiger partial charge in [0, 0.05) is 42.9 Å². The van der Waals surface area contributed by atoms with E-state index in [4.69, 9.17) is 0 Å². The number of amides is 2. The number of nitrogens with zero attached hydrogens (tertiary/aromatic N) is 3. The average molecular weight is 445 g/mol. The molecule has 3 rings (SSSR count). The van der Waals surface area contributed by atoms with Crippen LogP contribution in [0.5, 0.6) is 0 Å². The van der Waals surface area contributed by atoms with E-state index < -0.39 is 0 Å². The molecular weight excluding hydrogens is 420 g/mol. The normalized spacial score (nSPS) is 14.7. The van der Waals surface area contributed by atoms with E-state index in [0.717, 1.165) is 21.4 Å². The highest BCUT2D eigenvalue weighted by molar-refractivity contribution is 9.10. The fourth-order valence-electron chi connectivity index (χ4n) is 3.18. The monoisotopic (exact) mass is 444 g/mol. The van der Waals surface area contributed by atoms with E-state index in [1.165, 1.54) is 0 Å². The summed E-state index contributed by atoms with van der Waals surface area (Å²) in [6.45, 7) is 5.49. The molecule has 2 heterocycles. The van der Waals surface area contributed by atoms with Crippen LogP contribution in [-0.2, 0) is 22.6 Å². The summed E-state index contributed by atoms with van der Waals surface area (Å²) in [5.41, 5.74) is 2.76. The number of benzene rings is 1. The summed E-state index contributed by atoms with van der Waals surface area (Å²) in [7, 11) is 0. The molecule has 1 N–H and O–H groups in total. The molecule has 0 atom stereocenters. The van der Waals surface area contributed by atoms with Crippen LogP contribution >= 0.6 is 15.9 Å². The number of hydrogen-bond acceptors (Lipinski definition) is 4. The largest absolute Gasteiger partial charge is 0.351 e. The summed E-state index contributed by atoms with van der Waals surface area (Å²) in [6.07, 6.45) is 0.291. The third-order valence-corrected chi connectivity index (χ3v) is 5.52. The lowest BCUT2D eigenvalue weighted by Crippen LogP contribution is -2.51. The molecule has 0 unspecified atom stereocenters. The average Bonchev–Trinajstić information content (AvgIpc) is 2.70. The third-order valence-electron chi connectivity index (χ3n) is 4.80. The van der Waals surface area contributed by atoms with Crippen molar-refractivity contribution >= 4 is 27.7 Å². The Bertz CT molecular complexity index is 820. The molecule has 0 aliphatic carbocycles. The van der Waals surface area contributed by atoms with Gasteiger partial charge in [-0.05, 0) is 40.5 Å². The van der Waals surface area contributed by atoms with Gasteiger partial charge in [0.1, 0.15) is 0 Å². The number of rotatable bonds is 6. The van der Waals surface area contributed by atoms with E-state index in [0.29, 0.717) is 45.7 Å². The maximum Gasteiger partial charge on any atom is 0.234 e. The highest BCUT2D eigenvalue weighted by Gasteiger charge is 2.23. The first kappa shape index (κ1) is 20.5. The minimum absolute atomic E-state index is 0.0107. The van der Waals surface area contributed by atoms with Crippen molar-refractivity contribution in [2.75, 3.05) is 32.7 Å². The molecule has 1 aliphatic heterocycles. The molecule has 2 amide bonds. The van der Waals surface area contributed by atoms with E-state index in [1.807, 2.05) is 54.3 Å². The molecule has 0 bridgehead atoms. The van der Waals surface area contributed by atoms with Crippen LogP contribution in [0.2, 0.25) is 0 Å². The molecule has 1 aromatic carbocycles. The molecule has 0 spiro atoms. The minimum Gasteiger partial charge on any atom is -0.351 e.